The zero-order valence-corrected chi connectivity index (χ0v) is 27.3. The van der Waals surface area contributed by atoms with E-state index in [1.807, 2.05) is 11.3 Å². The minimum atomic E-state index is 0.900. The van der Waals surface area contributed by atoms with Crippen molar-refractivity contribution in [2.75, 3.05) is 4.90 Å². The highest BCUT2D eigenvalue weighted by Gasteiger charge is 2.19. The fourth-order valence-corrected chi connectivity index (χ4v) is 8.45. The third kappa shape index (κ3) is 4.62. The van der Waals surface area contributed by atoms with Gasteiger partial charge in [-0.05, 0) is 88.3 Å². The van der Waals surface area contributed by atoms with Gasteiger partial charge in [-0.2, -0.15) is 0 Å². The van der Waals surface area contributed by atoms with E-state index >= 15 is 0 Å². The average molecular weight is 644 g/mol. The maximum Gasteiger partial charge on any atom is 0.143 e. The van der Waals surface area contributed by atoms with Gasteiger partial charge in [-0.3, -0.25) is 0 Å². The molecule has 8 aromatic carbocycles. The summed E-state index contributed by atoms with van der Waals surface area (Å²) >= 11 is 1.85. The van der Waals surface area contributed by atoms with Crippen LogP contribution in [0.15, 0.2) is 180 Å². The molecule has 0 fully saturated rings. The van der Waals surface area contributed by atoms with Crippen LogP contribution in [0.5, 0.6) is 0 Å². The molecule has 3 heteroatoms. The number of furan rings is 1. The molecule has 0 amide bonds. The van der Waals surface area contributed by atoms with Gasteiger partial charge < -0.3 is 9.32 Å². The van der Waals surface area contributed by atoms with Crippen molar-refractivity contribution in [3.8, 4) is 22.3 Å². The number of hydrogen-bond acceptors (Lipinski definition) is 3. The second kappa shape index (κ2) is 11.2. The maximum atomic E-state index is 6.56. The van der Waals surface area contributed by atoms with Crippen LogP contribution in [0.1, 0.15) is 0 Å². The summed E-state index contributed by atoms with van der Waals surface area (Å²) in [5.41, 5.74) is 9.84. The van der Waals surface area contributed by atoms with Crippen molar-refractivity contribution in [1.82, 2.24) is 0 Å². The Balaban J connectivity index is 1.18. The fraction of sp³-hybridized carbons (Fsp3) is 0. The lowest BCUT2D eigenvalue weighted by atomic mass is 9.97. The Morgan fingerprint density at radius 1 is 0.408 bits per heavy atom. The van der Waals surface area contributed by atoms with Crippen LogP contribution in [0.3, 0.4) is 0 Å². The molecule has 2 nitrogen and oxygen atoms in total. The Kier molecular flexibility index (Phi) is 6.39. The first-order valence-electron chi connectivity index (χ1n) is 16.6. The average Bonchev–Trinajstić information content (AvgIpc) is 3.74. The van der Waals surface area contributed by atoms with Gasteiger partial charge in [0.2, 0.25) is 0 Å². The van der Waals surface area contributed by atoms with Crippen LogP contribution in [-0.2, 0) is 0 Å². The molecule has 0 N–H and O–H groups in total. The minimum absolute atomic E-state index is 0.900. The van der Waals surface area contributed by atoms with E-state index in [2.05, 4.69) is 181 Å². The largest absolute Gasteiger partial charge is 0.455 e. The van der Waals surface area contributed by atoms with Gasteiger partial charge in [0.25, 0.3) is 0 Å². The molecule has 0 saturated heterocycles. The van der Waals surface area contributed by atoms with Crippen LogP contribution in [0.4, 0.5) is 17.1 Å². The number of rotatable bonds is 5. The van der Waals surface area contributed by atoms with Crippen molar-refractivity contribution in [3.63, 3.8) is 0 Å². The molecule has 0 bridgehead atoms. The van der Waals surface area contributed by atoms with Gasteiger partial charge in [0.1, 0.15) is 11.2 Å². The van der Waals surface area contributed by atoms with Crippen molar-refractivity contribution < 1.29 is 4.42 Å². The highest BCUT2D eigenvalue weighted by Crippen LogP contribution is 2.44. The predicted molar refractivity (Wildman–Crippen MR) is 210 cm³/mol. The lowest BCUT2D eigenvalue weighted by Crippen LogP contribution is -2.10. The zero-order chi connectivity index (χ0) is 32.3. The number of anilines is 3. The quantitative estimate of drug-likeness (QED) is 0.186. The van der Waals surface area contributed by atoms with E-state index in [4.69, 9.17) is 4.42 Å². The van der Waals surface area contributed by atoms with Crippen LogP contribution >= 0.6 is 11.3 Å². The van der Waals surface area contributed by atoms with Crippen molar-refractivity contribution in [1.29, 1.82) is 0 Å². The van der Waals surface area contributed by atoms with E-state index < -0.39 is 0 Å². The van der Waals surface area contributed by atoms with E-state index in [9.17, 15) is 0 Å². The topological polar surface area (TPSA) is 16.4 Å². The molecule has 0 unspecified atom stereocenters. The summed E-state index contributed by atoms with van der Waals surface area (Å²) in [6, 6.07) is 63.3. The number of fused-ring (bicyclic) bond motifs is 8. The number of hydrogen-bond donors (Lipinski definition) is 0. The van der Waals surface area contributed by atoms with Gasteiger partial charge in [-0.1, -0.05) is 115 Å². The van der Waals surface area contributed by atoms with E-state index in [1.54, 1.807) is 0 Å². The third-order valence-electron chi connectivity index (χ3n) is 9.63. The Morgan fingerprint density at radius 2 is 1.08 bits per heavy atom. The molecule has 0 saturated carbocycles. The molecule has 0 aliphatic carbocycles. The smallest absolute Gasteiger partial charge is 0.143 e. The molecule has 2 aromatic heterocycles. The summed E-state index contributed by atoms with van der Waals surface area (Å²) in [6.07, 6.45) is 0. The molecule has 10 rings (SSSR count). The molecule has 49 heavy (non-hydrogen) atoms. The molecule has 2 heterocycles. The predicted octanol–water partition coefficient (Wildman–Crippen LogP) is 13.9. The van der Waals surface area contributed by atoms with Crippen molar-refractivity contribution in [2.24, 2.45) is 0 Å². The first-order chi connectivity index (χ1) is 24.3. The van der Waals surface area contributed by atoms with E-state index in [1.165, 1.54) is 36.7 Å². The van der Waals surface area contributed by atoms with Crippen LogP contribution in [0.25, 0.3) is 75.1 Å². The van der Waals surface area contributed by atoms with Gasteiger partial charge in [-0.25, -0.2) is 0 Å². The fourth-order valence-electron chi connectivity index (χ4n) is 7.36. The van der Waals surface area contributed by atoms with Gasteiger partial charge in [0, 0.05) is 53.4 Å². The van der Waals surface area contributed by atoms with Crippen LogP contribution in [0.2, 0.25) is 0 Å². The number of benzene rings is 8. The standard InChI is InChI=1S/C46H29NOS/c1-2-11-30(12-3-1)32-14-8-16-34(27-32)47(36-24-26-44-41(29-36)39-19-6-7-22-43(39)49-44)35-17-9-15-33(28-35)37-20-10-21-42-45(37)40-25-23-31-13-4-5-18-38(31)46(40)48-42/h1-29H. The van der Waals surface area contributed by atoms with Gasteiger partial charge in [0.15, 0.2) is 0 Å². The second-order valence-electron chi connectivity index (χ2n) is 12.5. The SMILES string of the molecule is c1ccc(-c2cccc(N(c3cccc(-c4cccc5oc6c7ccccc7ccc6c45)c3)c3ccc4sc5ccccc5c4c3)c2)cc1. The molecule has 10 aromatic rings. The monoisotopic (exact) mass is 643 g/mol. The second-order valence-corrected chi connectivity index (χ2v) is 13.6. The molecular weight excluding hydrogens is 615 g/mol. The first kappa shape index (κ1) is 27.9. The van der Waals surface area contributed by atoms with Crippen LogP contribution in [0, 0.1) is 0 Å². The molecule has 0 spiro atoms. The van der Waals surface area contributed by atoms with E-state index in [0.29, 0.717) is 0 Å². The molecule has 0 radical (unpaired) electrons. The molecule has 0 aliphatic heterocycles. The lowest BCUT2D eigenvalue weighted by Gasteiger charge is -2.27. The number of nitrogens with zero attached hydrogens (tertiary/aromatic N) is 1. The summed E-state index contributed by atoms with van der Waals surface area (Å²) in [6.45, 7) is 0. The highest BCUT2D eigenvalue weighted by atomic mass is 32.1. The Hall–Kier alpha value is -6.16. The van der Waals surface area contributed by atoms with Gasteiger partial charge in [0.05, 0.1) is 0 Å². The lowest BCUT2D eigenvalue weighted by molar-refractivity contribution is 0.673. The van der Waals surface area contributed by atoms with E-state index in [0.717, 1.165) is 55.5 Å². The van der Waals surface area contributed by atoms with E-state index in [-0.39, 0.29) is 0 Å². The summed E-state index contributed by atoms with van der Waals surface area (Å²) < 4.78 is 9.16. The van der Waals surface area contributed by atoms with Crippen LogP contribution < -0.4 is 4.90 Å². The summed E-state index contributed by atoms with van der Waals surface area (Å²) in [5.74, 6) is 0. The number of thiophene rings is 1. The first-order valence-corrected chi connectivity index (χ1v) is 17.4. The Labute approximate surface area is 287 Å². The zero-order valence-electron chi connectivity index (χ0n) is 26.5. The summed E-state index contributed by atoms with van der Waals surface area (Å²) in [5, 5.41) is 7.17. The highest BCUT2D eigenvalue weighted by molar-refractivity contribution is 7.25. The van der Waals surface area contributed by atoms with Crippen LogP contribution in [-0.4, -0.2) is 0 Å². The normalized spacial score (nSPS) is 11.7. The van der Waals surface area contributed by atoms with Crippen molar-refractivity contribution >= 4 is 81.3 Å². The molecule has 0 atom stereocenters. The van der Waals surface area contributed by atoms with Crippen molar-refractivity contribution in [2.45, 2.75) is 0 Å². The minimum Gasteiger partial charge on any atom is -0.455 e. The Morgan fingerprint density at radius 3 is 1.96 bits per heavy atom. The van der Waals surface area contributed by atoms with Gasteiger partial charge >= 0.3 is 0 Å². The van der Waals surface area contributed by atoms with Gasteiger partial charge in [-0.15, -0.1) is 11.3 Å². The molecule has 0 aliphatic rings. The summed E-state index contributed by atoms with van der Waals surface area (Å²) in [4.78, 5) is 2.39. The maximum absolute atomic E-state index is 6.56. The molecular formula is C46H29NOS. The third-order valence-corrected chi connectivity index (χ3v) is 10.8. The molecule has 230 valence electrons. The summed E-state index contributed by atoms with van der Waals surface area (Å²) in [7, 11) is 0. The Bertz CT molecular complexity index is 2840. The van der Waals surface area contributed by atoms with Crippen molar-refractivity contribution in [3.05, 3.63) is 176 Å².